The number of aliphatic hydroxyl groups is 1. The lowest BCUT2D eigenvalue weighted by molar-refractivity contribution is -0.0881. The molecule has 2 atom stereocenters. The minimum atomic E-state index is -0.296. The summed E-state index contributed by atoms with van der Waals surface area (Å²) in [6, 6.07) is 4.22. The van der Waals surface area contributed by atoms with E-state index < -0.39 is 0 Å². The molecular formula is C14H23NOS. The van der Waals surface area contributed by atoms with Gasteiger partial charge in [0.2, 0.25) is 0 Å². The van der Waals surface area contributed by atoms with Crippen LogP contribution in [-0.4, -0.2) is 17.8 Å². The van der Waals surface area contributed by atoms with Crippen LogP contribution >= 0.6 is 11.3 Å². The Balaban J connectivity index is 2.23. The fraction of sp³-hybridized carbons (Fsp3) is 0.714. The van der Waals surface area contributed by atoms with Crippen molar-refractivity contribution in [3.8, 4) is 0 Å². The van der Waals surface area contributed by atoms with E-state index in [1.807, 2.05) is 0 Å². The second-order valence-corrected chi connectivity index (χ2v) is 7.10. The number of rotatable bonds is 3. The summed E-state index contributed by atoms with van der Waals surface area (Å²) < 4.78 is 0. The Morgan fingerprint density at radius 1 is 1.47 bits per heavy atom. The normalized spacial score (nSPS) is 32.6. The molecule has 2 unspecified atom stereocenters. The molecule has 3 heteroatoms. The molecule has 2 nitrogen and oxygen atoms in total. The average Bonchev–Trinajstić information content (AvgIpc) is 2.77. The zero-order valence-corrected chi connectivity index (χ0v) is 11.6. The minimum absolute atomic E-state index is 0.00508. The maximum absolute atomic E-state index is 10.7. The molecule has 1 aliphatic rings. The summed E-state index contributed by atoms with van der Waals surface area (Å²) in [5, 5.41) is 12.8. The third kappa shape index (κ3) is 2.42. The van der Waals surface area contributed by atoms with Gasteiger partial charge in [0.25, 0.3) is 0 Å². The van der Waals surface area contributed by atoms with Crippen molar-refractivity contribution >= 4 is 11.3 Å². The van der Waals surface area contributed by atoms with Crippen LogP contribution in [0.4, 0.5) is 0 Å². The van der Waals surface area contributed by atoms with Gasteiger partial charge in [0.15, 0.2) is 0 Å². The number of thiophene rings is 1. The van der Waals surface area contributed by atoms with Crippen molar-refractivity contribution in [2.75, 3.05) is 6.54 Å². The maximum Gasteiger partial charge on any atom is 0.0662 e. The number of hydrogen-bond acceptors (Lipinski definition) is 3. The zero-order valence-electron chi connectivity index (χ0n) is 10.8. The average molecular weight is 253 g/mol. The molecule has 0 aromatic carbocycles. The van der Waals surface area contributed by atoms with Gasteiger partial charge >= 0.3 is 0 Å². The summed E-state index contributed by atoms with van der Waals surface area (Å²) in [6.45, 7) is 4.90. The van der Waals surface area contributed by atoms with Crippen LogP contribution in [0.15, 0.2) is 17.5 Å². The molecule has 3 N–H and O–H groups in total. The van der Waals surface area contributed by atoms with Crippen LogP contribution in [0, 0.1) is 10.8 Å². The maximum atomic E-state index is 10.7. The first-order chi connectivity index (χ1) is 8.00. The predicted molar refractivity (Wildman–Crippen MR) is 73.1 cm³/mol. The van der Waals surface area contributed by atoms with Gasteiger partial charge in [-0.3, -0.25) is 0 Å². The second-order valence-electron chi connectivity index (χ2n) is 6.07. The van der Waals surface area contributed by atoms with Crippen molar-refractivity contribution in [2.24, 2.45) is 16.6 Å². The van der Waals surface area contributed by atoms with Crippen LogP contribution in [0.5, 0.6) is 0 Å². The molecule has 1 aromatic rings. The highest BCUT2D eigenvalue weighted by Crippen LogP contribution is 2.47. The molecule has 96 valence electrons. The topological polar surface area (TPSA) is 46.2 Å². The van der Waals surface area contributed by atoms with E-state index in [2.05, 4.69) is 31.4 Å². The van der Waals surface area contributed by atoms with Crippen LogP contribution in [0.25, 0.3) is 0 Å². The lowest BCUT2D eigenvalue weighted by atomic mass is 9.59. The summed E-state index contributed by atoms with van der Waals surface area (Å²) in [5.41, 5.74) is 5.89. The van der Waals surface area contributed by atoms with Crippen molar-refractivity contribution in [3.05, 3.63) is 22.4 Å². The van der Waals surface area contributed by atoms with E-state index in [0.717, 1.165) is 19.3 Å². The van der Waals surface area contributed by atoms with Gasteiger partial charge in [0.1, 0.15) is 0 Å². The van der Waals surface area contributed by atoms with Crippen molar-refractivity contribution in [1.29, 1.82) is 0 Å². The Morgan fingerprint density at radius 3 is 2.82 bits per heavy atom. The van der Waals surface area contributed by atoms with Gasteiger partial charge in [0.05, 0.1) is 6.10 Å². The Bertz CT molecular complexity index is 360. The smallest absolute Gasteiger partial charge is 0.0662 e. The van der Waals surface area contributed by atoms with E-state index in [1.165, 1.54) is 11.3 Å². The zero-order chi connectivity index (χ0) is 12.5. The summed E-state index contributed by atoms with van der Waals surface area (Å²) in [4.78, 5) is 1.34. The van der Waals surface area contributed by atoms with Gasteiger partial charge < -0.3 is 10.8 Å². The van der Waals surface area contributed by atoms with Crippen LogP contribution < -0.4 is 5.73 Å². The fourth-order valence-electron chi connectivity index (χ4n) is 3.23. The first-order valence-corrected chi connectivity index (χ1v) is 7.29. The van der Waals surface area contributed by atoms with Gasteiger partial charge in [-0.05, 0) is 36.1 Å². The summed E-state index contributed by atoms with van der Waals surface area (Å²) in [7, 11) is 0. The minimum Gasteiger partial charge on any atom is -0.392 e. The molecular weight excluding hydrogens is 230 g/mol. The third-order valence-electron chi connectivity index (χ3n) is 4.33. The Morgan fingerprint density at radius 2 is 2.24 bits per heavy atom. The van der Waals surface area contributed by atoms with Crippen molar-refractivity contribution < 1.29 is 5.11 Å². The van der Waals surface area contributed by atoms with Crippen molar-refractivity contribution in [2.45, 2.75) is 45.6 Å². The molecule has 1 saturated carbocycles. The van der Waals surface area contributed by atoms with Gasteiger partial charge in [-0.25, -0.2) is 0 Å². The highest BCUT2D eigenvalue weighted by atomic mass is 32.1. The molecule has 0 saturated heterocycles. The lowest BCUT2D eigenvalue weighted by Crippen LogP contribution is -2.53. The molecule has 1 aliphatic carbocycles. The number of hydrogen-bond donors (Lipinski definition) is 2. The molecule has 1 fully saturated rings. The van der Waals surface area contributed by atoms with Crippen LogP contribution in [0.1, 0.15) is 38.0 Å². The Hall–Kier alpha value is -0.380. The highest BCUT2D eigenvalue weighted by Gasteiger charge is 2.47. The van der Waals surface area contributed by atoms with Crippen molar-refractivity contribution in [3.63, 3.8) is 0 Å². The summed E-state index contributed by atoms with van der Waals surface area (Å²) in [6.07, 6.45) is 3.95. The predicted octanol–water partition coefficient (Wildman–Crippen LogP) is 2.81. The van der Waals surface area contributed by atoms with E-state index in [4.69, 9.17) is 5.73 Å². The molecule has 2 rings (SSSR count). The third-order valence-corrected chi connectivity index (χ3v) is 5.21. The van der Waals surface area contributed by atoms with E-state index in [1.54, 1.807) is 11.3 Å². The van der Waals surface area contributed by atoms with E-state index in [0.29, 0.717) is 6.54 Å². The van der Waals surface area contributed by atoms with Crippen LogP contribution in [0.3, 0.4) is 0 Å². The fourth-order valence-corrected chi connectivity index (χ4v) is 4.09. The van der Waals surface area contributed by atoms with Gasteiger partial charge in [-0.15, -0.1) is 11.3 Å². The SMILES string of the molecule is CC1(C)CCCC(CN)(Cc2cccs2)C1O. The first kappa shape index (κ1) is 13.1. The second kappa shape index (κ2) is 4.71. The van der Waals surface area contributed by atoms with Crippen LogP contribution in [0.2, 0.25) is 0 Å². The molecule has 0 amide bonds. The Kier molecular flexibility index (Phi) is 3.62. The molecule has 1 aromatic heterocycles. The largest absolute Gasteiger partial charge is 0.392 e. The molecule has 0 aliphatic heterocycles. The van der Waals surface area contributed by atoms with Gasteiger partial charge in [0, 0.05) is 16.8 Å². The summed E-state index contributed by atoms with van der Waals surface area (Å²) >= 11 is 1.77. The van der Waals surface area contributed by atoms with E-state index in [9.17, 15) is 5.11 Å². The highest BCUT2D eigenvalue weighted by molar-refractivity contribution is 7.09. The molecule has 17 heavy (non-hydrogen) atoms. The summed E-state index contributed by atoms with van der Waals surface area (Å²) in [5.74, 6) is 0. The van der Waals surface area contributed by atoms with Crippen LogP contribution in [-0.2, 0) is 6.42 Å². The van der Waals surface area contributed by atoms with Crippen molar-refractivity contribution in [1.82, 2.24) is 0 Å². The standard InChI is InChI=1S/C14H23NOS/c1-13(2)6-4-7-14(10-15,12(13)16)9-11-5-3-8-17-11/h3,5,8,12,16H,4,6-7,9-10,15H2,1-2H3. The van der Waals surface area contributed by atoms with Gasteiger partial charge in [-0.2, -0.15) is 0 Å². The Labute approximate surface area is 108 Å². The molecule has 0 radical (unpaired) electrons. The first-order valence-electron chi connectivity index (χ1n) is 6.41. The number of nitrogens with two attached hydrogens (primary N) is 1. The van der Waals surface area contributed by atoms with E-state index in [-0.39, 0.29) is 16.9 Å². The quantitative estimate of drug-likeness (QED) is 0.870. The molecule has 0 bridgehead atoms. The monoisotopic (exact) mass is 253 g/mol. The van der Waals surface area contributed by atoms with E-state index >= 15 is 0 Å². The van der Waals surface area contributed by atoms with Gasteiger partial charge in [-0.1, -0.05) is 26.3 Å². The molecule has 0 spiro atoms. The lowest BCUT2D eigenvalue weighted by Gasteiger charge is -2.49. The molecule has 1 heterocycles. The number of aliphatic hydroxyl groups excluding tert-OH is 1.